The maximum absolute atomic E-state index is 12.9. The fourth-order valence-electron chi connectivity index (χ4n) is 3.19. The van der Waals surface area contributed by atoms with Gasteiger partial charge in [-0.25, -0.2) is 0 Å². The van der Waals surface area contributed by atoms with E-state index in [9.17, 15) is 9.59 Å². The minimum atomic E-state index is -0.232. The number of fused-ring (bicyclic) bond motifs is 1. The number of H-pyrrole nitrogens is 1. The van der Waals surface area contributed by atoms with Crippen molar-refractivity contribution >= 4 is 17.5 Å². The Labute approximate surface area is 156 Å². The predicted molar refractivity (Wildman–Crippen MR) is 97.7 cm³/mol. The van der Waals surface area contributed by atoms with Crippen molar-refractivity contribution in [2.75, 3.05) is 32.2 Å². The van der Waals surface area contributed by atoms with Crippen molar-refractivity contribution < 1.29 is 19.1 Å². The van der Waals surface area contributed by atoms with E-state index in [4.69, 9.17) is 9.47 Å². The van der Waals surface area contributed by atoms with E-state index in [0.717, 1.165) is 29.8 Å². The zero-order valence-corrected chi connectivity index (χ0v) is 15.2. The summed E-state index contributed by atoms with van der Waals surface area (Å²) >= 11 is 0. The summed E-state index contributed by atoms with van der Waals surface area (Å²) in [6, 6.07) is 7.27. The Kier molecular flexibility index (Phi) is 4.81. The topological polar surface area (TPSA) is 96.6 Å². The van der Waals surface area contributed by atoms with Crippen molar-refractivity contribution in [3.8, 4) is 5.75 Å². The fourth-order valence-corrected chi connectivity index (χ4v) is 3.19. The molecular formula is C19H22N4O4. The highest BCUT2D eigenvalue weighted by atomic mass is 16.5. The molecule has 1 aliphatic heterocycles. The van der Waals surface area contributed by atoms with E-state index in [2.05, 4.69) is 15.5 Å². The van der Waals surface area contributed by atoms with Gasteiger partial charge in [-0.05, 0) is 37.1 Å². The summed E-state index contributed by atoms with van der Waals surface area (Å²) in [6.07, 6.45) is 2.30. The van der Waals surface area contributed by atoms with Crippen LogP contribution in [0.25, 0.3) is 0 Å². The van der Waals surface area contributed by atoms with Gasteiger partial charge in [0.25, 0.3) is 5.91 Å². The number of ether oxygens (including phenoxy) is 2. The Hall–Kier alpha value is -2.87. The number of nitrogens with one attached hydrogen (secondary N) is 2. The monoisotopic (exact) mass is 370 g/mol. The maximum atomic E-state index is 12.9. The Morgan fingerprint density at radius 3 is 3.00 bits per heavy atom. The number of amides is 2. The molecule has 27 heavy (non-hydrogen) atoms. The second-order valence-corrected chi connectivity index (χ2v) is 6.86. The highest BCUT2D eigenvalue weighted by Crippen LogP contribution is 2.39. The van der Waals surface area contributed by atoms with Crippen LogP contribution in [0.5, 0.6) is 5.75 Å². The maximum Gasteiger partial charge on any atom is 0.274 e. The van der Waals surface area contributed by atoms with Crippen LogP contribution in [0.1, 0.15) is 40.5 Å². The van der Waals surface area contributed by atoms with Gasteiger partial charge in [-0.1, -0.05) is 0 Å². The second kappa shape index (κ2) is 7.40. The summed E-state index contributed by atoms with van der Waals surface area (Å²) in [4.78, 5) is 26.3. The molecule has 0 atom stereocenters. The number of carbonyl (C=O) groups excluding carboxylic acids is 2. The average molecular weight is 370 g/mol. The highest BCUT2D eigenvalue weighted by Gasteiger charge is 2.28. The average Bonchev–Trinajstić information content (AvgIpc) is 3.42. The number of hydrogen-bond donors (Lipinski definition) is 2. The first-order valence-electron chi connectivity index (χ1n) is 9.03. The zero-order chi connectivity index (χ0) is 18.8. The van der Waals surface area contributed by atoms with Crippen LogP contribution in [-0.2, 0) is 16.1 Å². The van der Waals surface area contributed by atoms with Crippen molar-refractivity contribution in [1.82, 2.24) is 15.1 Å². The largest absolute Gasteiger partial charge is 0.491 e. The van der Waals surface area contributed by atoms with Crippen LogP contribution >= 0.6 is 0 Å². The molecule has 2 aliphatic rings. The van der Waals surface area contributed by atoms with Crippen LogP contribution < -0.4 is 10.1 Å². The Morgan fingerprint density at radius 1 is 1.37 bits per heavy atom. The lowest BCUT2D eigenvalue weighted by atomic mass is 10.1. The SMILES string of the molecule is COCC(=O)Nc1ccc2c(c1)CN(C(=O)c1cc(C3CC3)[nH]n1)CCO2. The zero-order valence-electron chi connectivity index (χ0n) is 15.2. The molecule has 0 radical (unpaired) electrons. The van der Waals surface area contributed by atoms with E-state index >= 15 is 0 Å². The molecule has 1 saturated carbocycles. The third kappa shape index (κ3) is 3.95. The van der Waals surface area contributed by atoms with Crippen LogP contribution in [-0.4, -0.2) is 53.8 Å². The van der Waals surface area contributed by atoms with Crippen molar-refractivity contribution in [2.45, 2.75) is 25.3 Å². The Morgan fingerprint density at radius 2 is 2.22 bits per heavy atom. The third-order valence-electron chi connectivity index (χ3n) is 4.72. The Balaban J connectivity index is 1.50. The molecule has 1 aromatic carbocycles. The lowest BCUT2D eigenvalue weighted by molar-refractivity contribution is -0.119. The molecule has 8 nitrogen and oxygen atoms in total. The number of hydrogen-bond acceptors (Lipinski definition) is 5. The van der Waals surface area contributed by atoms with Crippen LogP contribution in [0.4, 0.5) is 5.69 Å². The van der Waals surface area contributed by atoms with E-state index in [0.29, 0.717) is 37.0 Å². The number of carbonyl (C=O) groups is 2. The summed E-state index contributed by atoms with van der Waals surface area (Å²) in [7, 11) is 1.47. The molecule has 2 N–H and O–H groups in total. The number of benzene rings is 1. The van der Waals surface area contributed by atoms with Crippen LogP contribution in [0.15, 0.2) is 24.3 Å². The normalized spacial score (nSPS) is 16.3. The molecule has 0 bridgehead atoms. The van der Waals surface area contributed by atoms with Gasteiger partial charge >= 0.3 is 0 Å². The molecule has 2 amide bonds. The molecule has 4 rings (SSSR count). The predicted octanol–water partition coefficient (Wildman–Crippen LogP) is 1.91. The molecule has 1 aliphatic carbocycles. The van der Waals surface area contributed by atoms with Gasteiger partial charge in [-0.3, -0.25) is 14.7 Å². The molecule has 0 spiro atoms. The molecule has 2 aromatic rings. The first kappa shape index (κ1) is 17.5. The van der Waals surface area contributed by atoms with Gasteiger partial charge in [0.15, 0.2) is 0 Å². The fraction of sp³-hybridized carbons (Fsp3) is 0.421. The minimum absolute atomic E-state index is 0.0132. The first-order chi connectivity index (χ1) is 13.1. The summed E-state index contributed by atoms with van der Waals surface area (Å²) in [5.41, 5.74) is 2.95. The van der Waals surface area contributed by atoms with Gasteiger partial charge in [-0.2, -0.15) is 5.10 Å². The van der Waals surface area contributed by atoms with Gasteiger partial charge in [0.2, 0.25) is 5.91 Å². The smallest absolute Gasteiger partial charge is 0.274 e. The molecule has 2 heterocycles. The Bertz CT molecular complexity index is 859. The number of anilines is 1. The van der Waals surface area contributed by atoms with Crippen molar-refractivity contribution in [3.05, 3.63) is 41.2 Å². The van der Waals surface area contributed by atoms with Crippen molar-refractivity contribution in [2.24, 2.45) is 0 Å². The van der Waals surface area contributed by atoms with E-state index in [1.807, 2.05) is 18.2 Å². The van der Waals surface area contributed by atoms with Crippen molar-refractivity contribution in [3.63, 3.8) is 0 Å². The van der Waals surface area contributed by atoms with E-state index in [1.54, 1.807) is 11.0 Å². The molecular weight excluding hydrogens is 348 g/mol. The molecule has 1 fully saturated rings. The number of methoxy groups -OCH3 is 1. The molecule has 1 aromatic heterocycles. The van der Waals surface area contributed by atoms with Crippen LogP contribution in [0.2, 0.25) is 0 Å². The standard InChI is InChI=1S/C19H22N4O4/c1-26-11-18(24)20-14-4-5-17-13(8-14)10-23(6-7-27-17)19(25)16-9-15(21-22-16)12-2-3-12/h4-5,8-9,12H,2-3,6-7,10-11H2,1H3,(H,20,24)(H,21,22). The number of aromatic amines is 1. The van der Waals surface area contributed by atoms with E-state index < -0.39 is 0 Å². The first-order valence-corrected chi connectivity index (χ1v) is 9.03. The summed E-state index contributed by atoms with van der Waals surface area (Å²) in [6.45, 7) is 1.27. The number of rotatable bonds is 5. The number of aromatic nitrogens is 2. The van der Waals surface area contributed by atoms with Gasteiger partial charge < -0.3 is 19.7 Å². The van der Waals surface area contributed by atoms with Crippen LogP contribution in [0.3, 0.4) is 0 Å². The van der Waals surface area contributed by atoms with Gasteiger partial charge in [0.05, 0.1) is 6.54 Å². The number of nitrogens with zero attached hydrogens (tertiary/aromatic N) is 2. The quantitative estimate of drug-likeness (QED) is 0.838. The van der Waals surface area contributed by atoms with Crippen molar-refractivity contribution in [1.29, 1.82) is 0 Å². The van der Waals surface area contributed by atoms with E-state index in [-0.39, 0.29) is 18.4 Å². The highest BCUT2D eigenvalue weighted by molar-refractivity contribution is 5.93. The van der Waals surface area contributed by atoms with E-state index in [1.165, 1.54) is 7.11 Å². The lowest BCUT2D eigenvalue weighted by Gasteiger charge is -2.18. The van der Waals surface area contributed by atoms with Gasteiger partial charge in [0, 0.05) is 36.5 Å². The molecule has 142 valence electrons. The lowest BCUT2D eigenvalue weighted by Crippen LogP contribution is -2.32. The summed E-state index contributed by atoms with van der Waals surface area (Å²) in [5.74, 6) is 0.883. The van der Waals surface area contributed by atoms with Gasteiger partial charge in [0.1, 0.15) is 24.7 Å². The summed E-state index contributed by atoms with van der Waals surface area (Å²) < 4.78 is 10.6. The van der Waals surface area contributed by atoms with Gasteiger partial charge in [-0.15, -0.1) is 0 Å². The molecule has 0 unspecified atom stereocenters. The third-order valence-corrected chi connectivity index (χ3v) is 4.72. The van der Waals surface area contributed by atoms with Crippen LogP contribution in [0, 0.1) is 0 Å². The minimum Gasteiger partial charge on any atom is -0.491 e. The summed E-state index contributed by atoms with van der Waals surface area (Å²) in [5, 5.41) is 9.94. The molecule has 8 heteroatoms. The second-order valence-electron chi connectivity index (χ2n) is 6.86. The molecule has 0 saturated heterocycles.